The van der Waals surface area contributed by atoms with Gasteiger partial charge in [-0.25, -0.2) is 15.0 Å². The molecule has 0 aliphatic heterocycles. The van der Waals surface area contributed by atoms with Gasteiger partial charge in [0.2, 0.25) is 5.91 Å². The number of rotatable bonds is 5. The van der Waals surface area contributed by atoms with Crippen molar-refractivity contribution in [3.05, 3.63) is 36.3 Å². The van der Waals surface area contributed by atoms with Gasteiger partial charge < -0.3 is 25.9 Å². The van der Waals surface area contributed by atoms with Crippen LogP contribution in [0.4, 0.5) is 5.82 Å². The molecular formula is C19H22N8O. The van der Waals surface area contributed by atoms with E-state index in [-0.39, 0.29) is 5.91 Å². The molecule has 4 aromatic rings. The van der Waals surface area contributed by atoms with E-state index in [1.165, 1.54) is 0 Å². The minimum atomic E-state index is -0.550. The van der Waals surface area contributed by atoms with Crippen molar-refractivity contribution in [1.29, 1.82) is 0 Å². The Morgan fingerprint density at radius 1 is 1.36 bits per heavy atom. The molecule has 0 saturated carbocycles. The van der Waals surface area contributed by atoms with E-state index in [4.69, 9.17) is 5.73 Å². The Morgan fingerprint density at radius 2 is 2.18 bits per heavy atom. The molecule has 144 valence electrons. The SMILES string of the molecule is CNc1nc2[nH]c(-c3cccc(CNC(=O)[C@@H](C)N)n3)cc2c2c1ncn2C. The highest BCUT2D eigenvalue weighted by atomic mass is 16.2. The average molecular weight is 378 g/mol. The van der Waals surface area contributed by atoms with E-state index in [9.17, 15) is 4.79 Å². The number of anilines is 1. The molecule has 0 aliphatic carbocycles. The number of carbonyl (C=O) groups is 1. The maximum absolute atomic E-state index is 11.7. The van der Waals surface area contributed by atoms with E-state index in [0.717, 1.165) is 45.0 Å². The number of pyridine rings is 2. The molecule has 9 heteroatoms. The second kappa shape index (κ2) is 6.93. The number of carbonyl (C=O) groups excluding carboxylic acids is 1. The number of hydrogen-bond acceptors (Lipinski definition) is 6. The Labute approximate surface area is 161 Å². The molecule has 0 bridgehead atoms. The molecule has 5 N–H and O–H groups in total. The fourth-order valence-electron chi connectivity index (χ4n) is 3.18. The van der Waals surface area contributed by atoms with Gasteiger partial charge in [-0.15, -0.1) is 0 Å². The number of aromatic nitrogens is 5. The summed E-state index contributed by atoms with van der Waals surface area (Å²) in [5.41, 5.74) is 10.5. The number of fused-ring (bicyclic) bond motifs is 3. The van der Waals surface area contributed by atoms with Crippen molar-refractivity contribution in [1.82, 2.24) is 29.8 Å². The van der Waals surface area contributed by atoms with Gasteiger partial charge in [0, 0.05) is 19.5 Å². The molecule has 1 amide bonds. The Morgan fingerprint density at radius 3 is 2.93 bits per heavy atom. The molecule has 0 aliphatic rings. The normalized spacial score (nSPS) is 12.4. The smallest absolute Gasteiger partial charge is 0.236 e. The van der Waals surface area contributed by atoms with Crippen molar-refractivity contribution in [3.8, 4) is 11.4 Å². The molecule has 4 heterocycles. The maximum Gasteiger partial charge on any atom is 0.236 e. The van der Waals surface area contributed by atoms with E-state index < -0.39 is 6.04 Å². The van der Waals surface area contributed by atoms with Gasteiger partial charge in [0.15, 0.2) is 5.82 Å². The zero-order chi connectivity index (χ0) is 19.8. The summed E-state index contributed by atoms with van der Waals surface area (Å²) in [6.45, 7) is 1.97. The van der Waals surface area contributed by atoms with Gasteiger partial charge in [0.25, 0.3) is 0 Å². The summed E-state index contributed by atoms with van der Waals surface area (Å²) in [6.07, 6.45) is 1.78. The Bertz CT molecular complexity index is 1170. The second-order valence-electron chi connectivity index (χ2n) is 6.73. The number of aromatic amines is 1. The van der Waals surface area contributed by atoms with Crippen molar-refractivity contribution < 1.29 is 4.79 Å². The van der Waals surface area contributed by atoms with E-state index in [2.05, 4.69) is 30.6 Å². The van der Waals surface area contributed by atoms with Crippen LogP contribution in [-0.4, -0.2) is 43.5 Å². The lowest BCUT2D eigenvalue weighted by atomic mass is 10.2. The fraction of sp³-hybridized carbons (Fsp3) is 0.263. The monoisotopic (exact) mass is 378 g/mol. The number of H-pyrrole nitrogens is 1. The van der Waals surface area contributed by atoms with Crippen LogP contribution in [0.1, 0.15) is 12.6 Å². The van der Waals surface area contributed by atoms with E-state index in [1.807, 2.05) is 42.9 Å². The molecule has 28 heavy (non-hydrogen) atoms. The van der Waals surface area contributed by atoms with Crippen LogP contribution in [0.2, 0.25) is 0 Å². The molecule has 4 aromatic heterocycles. The Balaban J connectivity index is 1.74. The summed E-state index contributed by atoms with van der Waals surface area (Å²) in [6, 6.07) is 7.17. The summed E-state index contributed by atoms with van der Waals surface area (Å²) in [5, 5.41) is 6.85. The average Bonchev–Trinajstić information content (AvgIpc) is 3.29. The lowest BCUT2D eigenvalue weighted by Crippen LogP contribution is -2.37. The molecule has 0 saturated heterocycles. The molecular weight excluding hydrogens is 356 g/mol. The van der Waals surface area contributed by atoms with Crippen LogP contribution >= 0.6 is 0 Å². The van der Waals surface area contributed by atoms with Crippen molar-refractivity contribution >= 4 is 33.8 Å². The first kappa shape index (κ1) is 17.9. The zero-order valence-corrected chi connectivity index (χ0v) is 15.9. The Hall–Kier alpha value is -3.46. The van der Waals surface area contributed by atoms with E-state index >= 15 is 0 Å². The number of imidazole rings is 1. The highest BCUT2D eigenvalue weighted by Crippen LogP contribution is 2.31. The second-order valence-corrected chi connectivity index (χ2v) is 6.73. The third-order valence-electron chi connectivity index (χ3n) is 4.61. The number of amides is 1. The molecule has 0 spiro atoms. The number of nitrogens with one attached hydrogen (secondary N) is 3. The van der Waals surface area contributed by atoms with Crippen LogP contribution in [-0.2, 0) is 18.4 Å². The van der Waals surface area contributed by atoms with Gasteiger partial charge >= 0.3 is 0 Å². The summed E-state index contributed by atoms with van der Waals surface area (Å²) < 4.78 is 1.98. The first-order valence-corrected chi connectivity index (χ1v) is 8.99. The van der Waals surface area contributed by atoms with Gasteiger partial charge in [0.1, 0.15) is 11.2 Å². The highest BCUT2D eigenvalue weighted by Gasteiger charge is 2.15. The minimum absolute atomic E-state index is 0.208. The third kappa shape index (κ3) is 3.05. The van der Waals surface area contributed by atoms with Gasteiger partial charge in [-0.2, -0.15) is 0 Å². The molecule has 0 radical (unpaired) electrons. The third-order valence-corrected chi connectivity index (χ3v) is 4.61. The van der Waals surface area contributed by atoms with Crippen LogP contribution in [0.25, 0.3) is 33.5 Å². The van der Waals surface area contributed by atoms with Crippen molar-refractivity contribution in [3.63, 3.8) is 0 Å². The van der Waals surface area contributed by atoms with Crippen LogP contribution in [0, 0.1) is 0 Å². The lowest BCUT2D eigenvalue weighted by molar-refractivity contribution is -0.122. The van der Waals surface area contributed by atoms with Crippen LogP contribution < -0.4 is 16.4 Å². The predicted octanol–water partition coefficient (Wildman–Crippen LogP) is 1.52. The predicted molar refractivity (Wildman–Crippen MR) is 109 cm³/mol. The largest absolute Gasteiger partial charge is 0.371 e. The fourth-order valence-corrected chi connectivity index (χ4v) is 3.18. The van der Waals surface area contributed by atoms with Crippen molar-refractivity contribution in [2.24, 2.45) is 12.8 Å². The molecule has 0 unspecified atom stereocenters. The van der Waals surface area contributed by atoms with E-state index in [1.54, 1.807) is 13.3 Å². The zero-order valence-electron chi connectivity index (χ0n) is 15.9. The molecule has 0 aromatic carbocycles. The van der Waals surface area contributed by atoms with Gasteiger partial charge in [-0.3, -0.25) is 4.79 Å². The van der Waals surface area contributed by atoms with Gasteiger partial charge in [-0.1, -0.05) is 6.07 Å². The van der Waals surface area contributed by atoms with Crippen molar-refractivity contribution in [2.45, 2.75) is 19.5 Å². The van der Waals surface area contributed by atoms with Crippen molar-refractivity contribution in [2.75, 3.05) is 12.4 Å². The van der Waals surface area contributed by atoms with Crippen LogP contribution in [0.5, 0.6) is 0 Å². The topological polar surface area (TPSA) is 127 Å². The standard InChI is InChI=1S/C19H22N8O/c1-10(20)19(28)22-8-11-5-4-6-13(24-11)14-7-12-16-15(23-9-27(16)3)18(21-2)26-17(12)25-14/h4-7,9-10H,8,20H2,1-3H3,(H,22,28)(H2,21,25,26)/t10-/m1/s1. The summed E-state index contributed by atoms with van der Waals surface area (Å²) in [5.74, 6) is 0.511. The molecule has 1 atom stereocenters. The number of hydrogen-bond donors (Lipinski definition) is 4. The van der Waals surface area contributed by atoms with Gasteiger partial charge in [-0.05, 0) is 25.1 Å². The first-order valence-electron chi connectivity index (χ1n) is 8.99. The minimum Gasteiger partial charge on any atom is -0.371 e. The van der Waals surface area contributed by atoms with E-state index in [0.29, 0.717) is 6.54 Å². The molecule has 0 fully saturated rings. The number of nitrogens with zero attached hydrogens (tertiary/aromatic N) is 4. The van der Waals surface area contributed by atoms with Crippen LogP contribution in [0.15, 0.2) is 30.6 Å². The summed E-state index contributed by atoms with van der Waals surface area (Å²) in [7, 11) is 3.79. The highest BCUT2D eigenvalue weighted by molar-refractivity contribution is 6.07. The number of aryl methyl sites for hydroxylation is 1. The maximum atomic E-state index is 11.7. The Kier molecular flexibility index (Phi) is 4.44. The molecule has 9 nitrogen and oxygen atoms in total. The number of nitrogens with two attached hydrogens (primary N) is 1. The lowest BCUT2D eigenvalue weighted by Gasteiger charge is -2.08. The molecule has 4 rings (SSSR count). The van der Waals surface area contributed by atoms with Gasteiger partial charge in [0.05, 0.1) is 41.5 Å². The quantitative estimate of drug-likeness (QED) is 0.417. The first-order chi connectivity index (χ1) is 13.5. The summed E-state index contributed by atoms with van der Waals surface area (Å²) in [4.78, 5) is 28.8. The summed E-state index contributed by atoms with van der Waals surface area (Å²) >= 11 is 0. The van der Waals surface area contributed by atoms with Crippen LogP contribution in [0.3, 0.4) is 0 Å².